The van der Waals surface area contributed by atoms with Crippen LogP contribution < -0.4 is 11.1 Å². The highest BCUT2D eigenvalue weighted by Crippen LogP contribution is 2.27. The molecule has 3 nitrogen and oxygen atoms in total. The van der Waals surface area contributed by atoms with Crippen LogP contribution in [0.3, 0.4) is 0 Å². The zero-order valence-electron chi connectivity index (χ0n) is 7.30. The molecule has 0 bridgehead atoms. The van der Waals surface area contributed by atoms with Crippen LogP contribution in [0.25, 0.3) is 0 Å². The normalized spacial score (nSPS) is 20.4. The number of nitrogens with two attached hydrogens (primary N) is 1. The predicted octanol–water partition coefficient (Wildman–Crippen LogP) is 2.06. The van der Waals surface area contributed by atoms with Crippen LogP contribution in [0.5, 0.6) is 0 Å². The zero-order valence-corrected chi connectivity index (χ0v) is 9.64. The second-order valence-corrected chi connectivity index (χ2v) is 4.41. The lowest BCUT2D eigenvalue weighted by Crippen LogP contribution is -2.29. The van der Waals surface area contributed by atoms with Crippen molar-refractivity contribution in [2.75, 3.05) is 6.54 Å². The number of guanidine groups is 1. The summed E-state index contributed by atoms with van der Waals surface area (Å²) in [6, 6.07) is 5.84. The van der Waals surface area contributed by atoms with Gasteiger partial charge in [-0.3, -0.25) is 4.99 Å². The highest BCUT2D eigenvalue weighted by molar-refractivity contribution is 9.10. The number of hydrogen-bond acceptors (Lipinski definition) is 3. The van der Waals surface area contributed by atoms with Crippen LogP contribution in [-0.4, -0.2) is 12.5 Å². The van der Waals surface area contributed by atoms with E-state index in [4.69, 9.17) is 17.3 Å². The van der Waals surface area contributed by atoms with Gasteiger partial charge in [-0.15, -0.1) is 0 Å². The summed E-state index contributed by atoms with van der Waals surface area (Å²) in [5.74, 6) is 0.478. The van der Waals surface area contributed by atoms with Crippen molar-refractivity contribution < 1.29 is 0 Å². The van der Waals surface area contributed by atoms with Gasteiger partial charge in [-0.25, -0.2) is 0 Å². The zero-order chi connectivity index (χ0) is 10.1. The SMILES string of the molecule is NC1=NCC(c2cc(Br)ccc2Cl)N1. The molecule has 1 aliphatic heterocycles. The third-order valence-corrected chi connectivity index (χ3v) is 2.94. The number of aliphatic imine (C=N–C) groups is 1. The Morgan fingerprint density at radius 3 is 3.00 bits per heavy atom. The van der Waals surface area contributed by atoms with Gasteiger partial charge in [0.15, 0.2) is 5.96 Å². The summed E-state index contributed by atoms with van der Waals surface area (Å²) in [7, 11) is 0. The first-order chi connectivity index (χ1) is 6.66. The van der Waals surface area contributed by atoms with Crippen LogP contribution in [-0.2, 0) is 0 Å². The summed E-state index contributed by atoms with van der Waals surface area (Å²) in [4.78, 5) is 4.07. The van der Waals surface area contributed by atoms with Crippen molar-refractivity contribution in [3.05, 3.63) is 33.3 Å². The van der Waals surface area contributed by atoms with Gasteiger partial charge in [0, 0.05) is 9.50 Å². The lowest BCUT2D eigenvalue weighted by Gasteiger charge is -2.12. The van der Waals surface area contributed by atoms with Crippen molar-refractivity contribution in [1.82, 2.24) is 5.32 Å². The molecule has 0 aliphatic carbocycles. The molecule has 1 atom stereocenters. The molecule has 2 rings (SSSR count). The van der Waals surface area contributed by atoms with E-state index < -0.39 is 0 Å². The number of nitrogens with zero attached hydrogens (tertiary/aromatic N) is 1. The maximum atomic E-state index is 6.07. The Hall–Kier alpha value is -0.740. The molecule has 74 valence electrons. The minimum atomic E-state index is 0.0972. The lowest BCUT2D eigenvalue weighted by molar-refractivity contribution is 0.707. The Labute approximate surface area is 95.5 Å². The smallest absolute Gasteiger partial charge is 0.189 e. The van der Waals surface area contributed by atoms with Crippen LogP contribution in [0, 0.1) is 0 Å². The van der Waals surface area contributed by atoms with Crippen molar-refractivity contribution >= 4 is 33.5 Å². The van der Waals surface area contributed by atoms with E-state index in [1.807, 2.05) is 18.2 Å². The first kappa shape index (κ1) is 9.80. The molecule has 0 fully saturated rings. The van der Waals surface area contributed by atoms with Gasteiger partial charge in [0.1, 0.15) is 0 Å². The Bertz CT molecular complexity index is 392. The van der Waals surface area contributed by atoms with Gasteiger partial charge >= 0.3 is 0 Å². The fourth-order valence-electron chi connectivity index (χ4n) is 1.42. The minimum Gasteiger partial charge on any atom is -0.370 e. The molecule has 0 saturated heterocycles. The third-order valence-electron chi connectivity index (χ3n) is 2.10. The fourth-order valence-corrected chi connectivity index (χ4v) is 2.05. The van der Waals surface area contributed by atoms with Gasteiger partial charge in [-0.1, -0.05) is 27.5 Å². The molecule has 0 aromatic heterocycles. The molecule has 14 heavy (non-hydrogen) atoms. The number of nitrogens with one attached hydrogen (secondary N) is 1. The quantitative estimate of drug-likeness (QED) is 0.823. The number of rotatable bonds is 1. The average molecular weight is 275 g/mol. The summed E-state index contributed by atoms with van der Waals surface area (Å²) >= 11 is 9.47. The summed E-state index contributed by atoms with van der Waals surface area (Å²) in [6.45, 7) is 0.641. The second kappa shape index (κ2) is 3.79. The van der Waals surface area contributed by atoms with Crippen LogP contribution in [0.2, 0.25) is 5.02 Å². The van der Waals surface area contributed by atoms with Crippen molar-refractivity contribution in [2.45, 2.75) is 6.04 Å². The molecule has 0 radical (unpaired) electrons. The van der Waals surface area contributed by atoms with Crippen LogP contribution >= 0.6 is 27.5 Å². The predicted molar refractivity (Wildman–Crippen MR) is 61.5 cm³/mol. The van der Waals surface area contributed by atoms with Gasteiger partial charge in [0.05, 0.1) is 12.6 Å². The monoisotopic (exact) mass is 273 g/mol. The third kappa shape index (κ3) is 1.86. The Kier molecular flexibility index (Phi) is 2.65. The standard InChI is InChI=1S/C9H9BrClN3/c10-5-1-2-7(11)6(3-5)8-4-13-9(12)14-8/h1-3,8H,4H2,(H3,12,13,14). The maximum Gasteiger partial charge on any atom is 0.189 e. The molecule has 1 aliphatic rings. The second-order valence-electron chi connectivity index (χ2n) is 3.09. The molecule has 1 aromatic carbocycles. The van der Waals surface area contributed by atoms with E-state index in [2.05, 4.69) is 26.2 Å². The first-order valence-electron chi connectivity index (χ1n) is 4.18. The van der Waals surface area contributed by atoms with E-state index in [9.17, 15) is 0 Å². The highest BCUT2D eigenvalue weighted by atomic mass is 79.9. The lowest BCUT2D eigenvalue weighted by atomic mass is 10.1. The van der Waals surface area contributed by atoms with Crippen LogP contribution in [0.1, 0.15) is 11.6 Å². The summed E-state index contributed by atoms with van der Waals surface area (Å²) in [6.07, 6.45) is 0. The number of hydrogen-bond donors (Lipinski definition) is 2. The van der Waals surface area contributed by atoms with Crippen molar-refractivity contribution in [3.63, 3.8) is 0 Å². The highest BCUT2D eigenvalue weighted by Gasteiger charge is 2.19. The van der Waals surface area contributed by atoms with Crippen molar-refractivity contribution in [1.29, 1.82) is 0 Å². The molecular formula is C9H9BrClN3. The maximum absolute atomic E-state index is 6.07. The topological polar surface area (TPSA) is 50.4 Å². The van der Waals surface area contributed by atoms with Gasteiger partial charge in [-0.05, 0) is 23.8 Å². The minimum absolute atomic E-state index is 0.0972. The summed E-state index contributed by atoms with van der Waals surface area (Å²) in [5, 5.41) is 3.79. The van der Waals surface area contributed by atoms with Gasteiger partial charge in [-0.2, -0.15) is 0 Å². The number of halogens is 2. The molecule has 3 N–H and O–H groups in total. The first-order valence-corrected chi connectivity index (χ1v) is 5.35. The van der Waals surface area contributed by atoms with Crippen molar-refractivity contribution in [3.8, 4) is 0 Å². The molecule has 0 spiro atoms. The van der Waals surface area contributed by atoms with Crippen molar-refractivity contribution in [2.24, 2.45) is 10.7 Å². The molecule has 0 amide bonds. The van der Waals surface area contributed by atoms with Gasteiger partial charge in [0.25, 0.3) is 0 Å². The fraction of sp³-hybridized carbons (Fsp3) is 0.222. The molecule has 0 saturated carbocycles. The van der Waals surface area contributed by atoms with Gasteiger partial charge in [0.2, 0.25) is 0 Å². The van der Waals surface area contributed by atoms with Gasteiger partial charge < -0.3 is 11.1 Å². The van der Waals surface area contributed by atoms with E-state index >= 15 is 0 Å². The van der Waals surface area contributed by atoms with E-state index in [1.165, 1.54) is 0 Å². The van der Waals surface area contributed by atoms with Crippen LogP contribution in [0.4, 0.5) is 0 Å². The Morgan fingerprint density at radius 2 is 2.36 bits per heavy atom. The Balaban J connectivity index is 2.28. The molecule has 1 aromatic rings. The Morgan fingerprint density at radius 1 is 1.57 bits per heavy atom. The number of benzene rings is 1. The average Bonchev–Trinajstić information content (AvgIpc) is 2.56. The molecular weight excluding hydrogens is 265 g/mol. The molecule has 1 heterocycles. The van der Waals surface area contributed by atoms with E-state index in [1.54, 1.807) is 0 Å². The van der Waals surface area contributed by atoms with E-state index in [0.29, 0.717) is 12.5 Å². The van der Waals surface area contributed by atoms with E-state index in [0.717, 1.165) is 15.1 Å². The molecule has 5 heteroatoms. The molecule has 1 unspecified atom stereocenters. The summed E-state index contributed by atoms with van der Waals surface area (Å²) < 4.78 is 1.00. The van der Waals surface area contributed by atoms with Crippen LogP contribution in [0.15, 0.2) is 27.7 Å². The van der Waals surface area contributed by atoms with E-state index in [-0.39, 0.29) is 6.04 Å². The summed E-state index contributed by atoms with van der Waals surface area (Å²) in [5.41, 5.74) is 6.55. The largest absolute Gasteiger partial charge is 0.370 e.